The lowest BCUT2D eigenvalue weighted by molar-refractivity contribution is 0.221. The molecule has 7 nitrogen and oxygen atoms in total. The summed E-state index contributed by atoms with van der Waals surface area (Å²) in [6.45, 7) is 4.01. The summed E-state index contributed by atoms with van der Waals surface area (Å²) in [5.74, 6) is 1.81. The number of carbonyl (C=O) groups is 1. The average Bonchev–Trinajstić information content (AvgIpc) is 3.53. The van der Waals surface area contributed by atoms with E-state index in [-0.39, 0.29) is 12.1 Å². The predicted octanol–water partition coefficient (Wildman–Crippen LogP) is 3.62. The van der Waals surface area contributed by atoms with E-state index in [2.05, 4.69) is 49.4 Å². The second-order valence-electron chi connectivity index (χ2n) is 8.38. The monoisotopic (exact) mass is 447 g/mol. The van der Waals surface area contributed by atoms with Crippen molar-refractivity contribution in [2.24, 2.45) is 0 Å². The number of amides is 2. The number of likely N-dealkylation sites (tertiary alicyclic amines) is 1. The number of nitrogens with zero attached hydrogens (tertiary/aromatic N) is 3. The molecule has 4 rings (SSSR count). The number of methoxy groups -OCH3 is 1. The second kappa shape index (κ2) is 11.5. The summed E-state index contributed by atoms with van der Waals surface area (Å²) in [6.07, 6.45) is 6.88. The molecular formula is C26H33N5O2. The Kier molecular flexibility index (Phi) is 7.98. The van der Waals surface area contributed by atoms with Gasteiger partial charge in [-0.2, -0.15) is 0 Å². The lowest BCUT2D eigenvalue weighted by Crippen LogP contribution is -2.42. The zero-order chi connectivity index (χ0) is 22.9. The van der Waals surface area contributed by atoms with Crippen LogP contribution in [0.25, 0.3) is 0 Å². The van der Waals surface area contributed by atoms with Crippen LogP contribution in [0.3, 0.4) is 0 Å². The zero-order valence-electron chi connectivity index (χ0n) is 19.2. The van der Waals surface area contributed by atoms with Crippen LogP contribution in [-0.2, 0) is 13.0 Å². The van der Waals surface area contributed by atoms with Crippen molar-refractivity contribution in [1.82, 2.24) is 25.1 Å². The van der Waals surface area contributed by atoms with Gasteiger partial charge < -0.3 is 19.9 Å². The summed E-state index contributed by atoms with van der Waals surface area (Å²) in [6, 6.07) is 18.5. The summed E-state index contributed by atoms with van der Waals surface area (Å²) in [7, 11) is 1.67. The van der Waals surface area contributed by atoms with Gasteiger partial charge in [0.05, 0.1) is 13.2 Å². The molecular weight excluding hydrogens is 414 g/mol. The number of aromatic nitrogens is 2. The predicted molar refractivity (Wildman–Crippen MR) is 129 cm³/mol. The third-order valence-electron chi connectivity index (χ3n) is 6.17. The van der Waals surface area contributed by atoms with Gasteiger partial charge in [0.15, 0.2) is 0 Å². The Hall–Kier alpha value is -3.32. The van der Waals surface area contributed by atoms with E-state index in [4.69, 9.17) is 4.74 Å². The van der Waals surface area contributed by atoms with Gasteiger partial charge in [-0.1, -0.05) is 42.5 Å². The molecule has 2 amide bonds. The first-order valence-electron chi connectivity index (χ1n) is 11.7. The number of urea groups is 1. The van der Waals surface area contributed by atoms with Gasteiger partial charge >= 0.3 is 6.03 Å². The molecule has 174 valence electrons. The Morgan fingerprint density at radius 2 is 1.82 bits per heavy atom. The van der Waals surface area contributed by atoms with E-state index in [0.717, 1.165) is 31.2 Å². The molecule has 33 heavy (non-hydrogen) atoms. The molecule has 1 atom stereocenters. The first kappa shape index (κ1) is 22.9. The minimum Gasteiger partial charge on any atom is -0.497 e. The molecule has 3 aromatic rings. The van der Waals surface area contributed by atoms with Crippen molar-refractivity contribution in [1.29, 1.82) is 0 Å². The first-order valence-corrected chi connectivity index (χ1v) is 11.7. The van der Waals surface area contributed by atoms with Crippen LogP contribution < -0.4 is 15.4 Å². The van der Waals surface area contributed by atoms with Crippen LogP contribution in [0.5, 0.6) is 5.75 Å². The second-order valence-corrected chi connectivity index (χ2v) is 8.38. The quantitative estimate of drug-likeness (QED) is 0.498. The lowest BCUT2D eigenvalue weighted by Gasteiger charge is -2.28. The SMILES string of the molecule is COc1ccc(C(CNC(=O)NCCc2nccn2Cc2ccccc2)N2CCCC2)cc1. The molecule has 0 radical (unpaired) electrons. The Labute approximate surface area is 195 Å². The summed E-state index contributed by atoms with van der Waals surface area (Å²) < 4.78 is 7.42. The highest BCUT2D eigenvalue weighted by atomic mass is 16.5. The van der Waals surface area contributed by atoms with E-state index in [1.54, 1.807) is 7.11 Å². The van der Waals surface area contributed by atoms with Gasteiger partial charge in [0.2, 0.25) is 0 Å². The smallest absolute Gasteiger partial charge is 0.314 e. The average molecular weight is 448 g/mol. The number of hydrogen-bond donors (Lipinski definition) is 2. The Morgan fingerprint density at radius 3 is 2.55 bits per heavy atom. The van der Waals surface area contributed by atoms with Crippen LogP contribution in [-0.4, -0.2) is 53.8 Å². The van der Waals surface area contributed by atoms with Crippen molar-refractivity contribution < 1.29 is 9.53 Å². The summed E-state index contributed by atoms with van der Waals surface area (Å²) in [5, 5.41) is 6.06. The molecule has 0 bridgehead atoms. The molecule has 1 fully saturated rings. The Bertz CT molecular complexity index is 997. The lowest BCUT2D eigenvalue weighted by atomic mass is 10.1. The summed E-state index contributed by atoms with van der Waals surface area (Å²) in [4.78, 5) is 19.4. The number of benzene rings is 2. The maximum Gasteiger partial charge on any atom is 0.314 e. The molecule has 7 heteroatoms. The van der Waals surface area contributed by atoms with Gasteiger partial charge in [0.25, 0.3) is 0 Å². The highest BCUT2D eigenvalue weighted by Crippen LogP contribution is 2.26. The standard InChI is InChI=1S/C26H33N5O2/c1-33-23-11-9-22(10-12-23)24(30-16-5-6-17-30)19-29-26(32)28-14-13-25-27-15-18-31(25)20-21-7-3-2-4-8-21/h2-4,7-12,15,18,24H,5-6,13-14,16-17,19-20H2,1H3,(H2,28,29,32). The highest BCUT2D eigenvalue weighted by molar-refractivity contribution is 5.73. The molecule has 1 aromatic heterocycles. The van der Waals surface area contributed by atoms with Crippen LogP contribution in [0, 0.1) is 0 Å². The number of imidazole rings is 1. The molecule has 1 aliphatic heterocycles. The van der Waals surface area contributed by atoms with E-state index < -0.39 is 0 Å². The van der Waals surface area contributed by atoms with Gasteiger partial charge in [-0.05, 0) is 49.2 Å². The van der Waals surface area contributed by atoms with Crippen molar-refractivity contribution in [2.75, 3.05) is 33.3 Å². The van der Waals surface area contributed by atoms with E-state index >= 15 is 0 Å². The number of rotatable bonds is 10. The largest absolute Gasteiger partial charge is 0.497 e. The third kappa shape index (κ3) is 6.35. The molecule has 2 N–H and O–H groups in total. The van der Waals surface area contributed by atoms with Crippen LogP contribution in [0.15, 0.2) is 67.0 Å². The Morgan fingerprint density at radius 1 is 1.06 bits per heavy atom. The number of hydrogen-bond acceptors (Lipinski definition) is 4. The normalized spacial score (nSPS) is 14.7. The highest BCUT2D eigenvalue weighted by Gasteiger charge is 2.24. The van der Waals surface area contributed by atoms with Crippen LogP contribution >= 0.6 is 0 Å². The Balaban J connectivity index is 1.27. The third-order valence-corrected chi connectivity index (χ3v) is 6.17. The van der Waals surface area contributed by atoms with Crippen LogP contribution in [0.2, 0.25) is 0 Å². The summed E-state index contributed by atoms with van der Waals surface area (Å²) >= 11 is 0. The molecule has 2 aromatic carbocycles. The number of ether oxygens (including phenoxy) is 1. The molecule has 0 saturated carbocycles. The summed E-state index contributed by atoms with van der Waals surface area (Å²) in [5.41, 5.74) is 2.43. The van der Waals surface area contributed by atoms with Crippen LogP contribution in [0.1, 0.15) is 35.8 Å². The maximum absolute atomic E-state index is 12.5. The fraction of sp³-hybridized carbons (Fsp3) is 0.385. The van der Waals surface area contributed by atoms with E-state index in [1.807, 2.05) is 42.7 Å². The minimum absolute atomic E-state index is 0.145. The van der Waals surface area contributed by atoms with Crippen molar-refractivity contribution >= 4 is 6.03 Å². The topological polar surface area (TPSA) is 71.4 Å². The molecule has 0 aliphatic carbocycles. The number of nitrogens with one attached hydrogen (secondary N) is 2. The van der Waals surface area contributed by atoms with Gasteiger partial charge in [-0.25, -0.2) is 9.78 Å². The minimum atomic E-state index is -0.145. The molecule has 0 spiro atoms. The molecule has 1 aliphatic rings. The van der Waals surface area contributed by atoms with Crippen molar-refractivity contribution in [3.63, 3.8) is 0 Å². The van der Waals surface area contributed by atoms with Gasteiger partial charge in [0, 0.05) is 38.4 Å². The van der Waals surface area contributed by atoms with Gasteiger partial charge in [-0.3, -0.25) is 4.90 Å². The van der Waals surface area contributed by atoms with Crippen molar-refractivity contribution in [2.45, 2.75) is 31.8 Å². The molecule has 2 heterocycles. The fourth-order valence-corrected chi connectivity index (χ4v) is 4.37. The fourth-order valence-electron chi connectivity index (χ4n) is 4.37. The number of carbonyl (C=O) groups excluding carboxylic acids is 1. The van der Waals surface area contributed by atoms with E-state index in [1.165, 1.54) is 24.0 Å². The first-order chi connectivity index (χ1) is 16.2. The zero-order valence-corrected chi connectivity index (χ0v) is 19.2. The van der Waals surface area contributed by atoms with Crippen molar-refractivity contribution in [3.8, 4) is 5.75 Å². The van der Waals surface area contributed by atoms with Gasteiger partial charge in [0.1, 0.15) is 11.6 Å². The van der Waals surface area contributed by atoms with E-state index in [0.29, 0.717) is 19.5 Å². The molecule has 1 unspecified atom stereocenters. The van der Waals surface area contributed by atoms with E-state index in [9.17, 15) is 4.79 Å². The molecule has 1 saturated heterocycles. The maximum atomic E-state index is 12.5. The van der Waals surface area contributed by atoms with Crippen molar-refractivity contribution in [3.05, 3.63) is 83.9 Å². The van der Waals surface area contributed by atoms with Crippen LogP contribution in [0.4, 0.5) is 4.79 Å². The van der Waals surface area contributed by atoms with Gasteiger partial charge in [-0.15, -0.1) is 0 Å².